The van der Waals surface area contributed by atoms with Crippen LogP contribution in [0.5, 0.6) is 0 Å². The summed E-state index contributed by atoms with van der Waals surface area (Å²) < 4.78 is 1.34. The van der Waals surface area contributed by atoms with E-state index in [4.69, 9.17) is 16.9 Å². The van der Waals surface area contributed by atoms with Crippen LogP contribution < -0.4 is 10.9 Å². The monoisotopic (exact) mass is 329 g/mol. The Hall–Kier alpha value is -2.58. The van der Waals surface area contributed by atoms with Gasteiger partial charge in [-0.15, -0.1) is 0 Å². The van der Waals surface area contributed by atoms with E-state index in [1.807, 2.05) is 19.9 Å². The van der Waals surface area contributed by atoms with E-state index in [0.29, 0.717) is 16.3 Å². The van der Waals surface area contributed by atoms with E-state index in [0.717, 1.165) is 0 Å². The van der Waals surface area contributed by atoms with Gasteiger partial charge in [-0.25, -0.2) is 0 Å². The Bertz CT molecular complexity index is 804. The van der Waals surface area contributed by atoms with Gasteiger partial charge in [0.05, 0.1) is 16.7 Å². The summed E-state index contributed by atoms with van der Waals surface area (Å²) in [7, 11) is 0. The molecule has 5 nitrogen and oxygen atoms in total. The van der Waals surface area contributed by atoms with Crippen molar-refractivity contribution < 1.29 is 4.79 Å². The van der Waals surface area contributed by atoms with Gasteiger partial charge in [0.1, 0.15) is 6.04 Å². The Labute approximate surface area is 139 Å². The zero-order valence-corrected chi connectivity index (χ0v) is 13.5. The number of nitriles is 1. The van der Waals surface area contributed by atoms with Gasteiger partial charge >= 0.3 is 0 Å². The third-order valence-electron chi connectivity index (χ3n) is 3.38. The zero-order chi connectivity index (χ0) is 17.0. The predicted molar refractivity (Wildman–Crippen MR) is 89.4 cm³/mol. The summed E-state index contributed by atoms with van der Waals surface area (Å²) in [6.45, 7) is 3.72. The van der Waals surface area contributed by atoms with Crippen LogP contribution in [0, 0.1) is 17.2 Å². The lowest BCUT2D eigenvalue weighted by atomic mass is 10.0. The number of nitrogens with zero attached hydrogens (tertiary/aromatic N) is 2. The minimum atomic E-state index is -0.683. The van der Waals surface area contributed by atoms with Crippen molar-refractivity contribution in [2.45, 2.75) is 19.9 Å². The number of hydrogen-bond donors (Lipinski definition) is 1. The van der Waals surface area contributed by atoms with Crippen molar-refractivity contribution in [3.8, 4) is 6.07 Å². The predicted octanol–water partition coefficient (Wildman–Crippen LogP) is 3.21. The molecule has 1 aromatic carbocycles. The number of rotatable bonds is 4. The summed E-state index contributed by atoms with van der Waals surface area (Å²) in [4.78, 5) is 24.6. The molecular weight excluding hydrogens is 314 g/mol. The molecule has 118 valence electrons. The van der Waals surface area contributed by atoms with Gasteiger partial charge in [-0.2, -0.15) is 5.26 Å². The van der Waals surface area contributed by atoms with Gasteiger partial charge in [0, 0.05) is 18.0 Å². The van der Waals surface area contributed by atoms with Crippen molar-refractivity contribution in [3.63, 3.8) is 0 Å². The first-order chi connectivity index (χ1) is 10.9. The van der Waals surface area contributed by atoms with Crippen molar-refractivity contribution in [2.24, 2.45) is 5.92 Å². The molecule has 23 heavy (non-hydrogen) atoms. The van der Waals surface area contributed by atoms with E-state index in [-0.39, 0.29) is 17.4 Å². The number of benzene rings is 1. The first-order valence-electron chi connectivity index (χ1n) is 7.11. The highest BCUT2D eigenvalue weighted by Crippen LogP contribution is 2.20. The van der Waals surface area contributed by atoms with Crippen LogP contribution >= 0.6 is 11.6 Å². The molecule has 2 rings (SSSR count). The van der Waals surface area contributed by atoms with Crippen LogP contribution in [0.25, 0.3) is 0 Å². The van der Waals surface area contributed by atoms with Gasteiger partial charge in [-0.05, 0) is 36.2 Å². The molecule has 0 bridgehead atoms. The molecular formula is C17H16ClN3O2. The molecule has 1 unspecified atom stereocenters. The normalized spacial score (nSPS) is 11.8. The number of amides is 1. The summed E-state index contributed by atoms with van der Waals surface area (Å²) in [6, 6.07) is 10.7. The Balaban J connectivity index is 2.30. The summed E-state index contributed by atoms with van der Waals surface area (Å²) in [6.07, 6.45) is 1.47. The number of hydrogen-bond acceptors (Lipinski definition) is 3. The van der Waals surface area contributed by atoms with E-state index in [1.54, 1.807) is 24.3 Å². The average molecular weight is 330 g/mol. The summed E-state index contributed by atoms with van der Waals surface area (Å²) in [5.41, 5.74) is 0.785. The van der Waals surface area contributed by atoms with Crippen LogP contribution in [0.2, 0.25) is 5.02 Å². The van der Waals surface area contributed by atoms with Crippen molar-refractivity contribution in [3.05, 3.63) is 63.5 Å². The van der Waals surface area contributed by atoms with Gasteiger partial charge in [0.15, 0.2) is 0 Å². The first-order valence-corrected chi connectivity index (χ1v) is 7.49. The summed E-state index contributed by atoms with van der Waals surface area (Å²) in [5, 5.41) is 11.9. The molecule has 0 aliphatic carbocycles. The van der Waals surface area contributed by atoms with Crippen LogP contribution in [0.1, 0.15) is 25.5 Å². The lowest BCUT2D eigenvalue weighted by Crippen LogP contribution is -2.35. The number of nitrogens with one attached hydrogen (secondary N) is 1. The van der Waals surface area contributed by atoms with E-state index < -0.39 is 6.04 Å². The quantitative estimate of drug-likeness (QED) is 0.935. The molecule has 0 fully saturated rings. The maximum Gasteiger partial charge on any atom is 0.251 e. The summed E-state index contributed by atoms with van der Waals surface area (Å²) >= 11 is 5.94. The minimum absolute atomic E-state index is 0.107. The molecule has 1 amide bonds. The number of carbonyl (C=O) groups is 1. The third-order valence-corrected chi connectivity index (χ3v) is 3.61. The van der Waals surface area contributed by atoms with E-state index in [9.17, 15) is 9.59 Å². The highest BCUT2D eigenvalue weighted by Gasteiger charge is 2.25. The second kappa shape index (κ2) is 7.12. The molecule has 0 aliphatic rings. The molecule has 6 heteroatoms. The van der Waals surface area contributed by atoms with Gasteiger partial charge in [0.25, 0.3) is 5.56 Å². The van der Waals surface area contributed by atoms with E-state index in [1.165, 1.54) is 22.9 Å². The standard InChI is InChI=1S/C17H16ClN3O2/c1-11(2)16(21-10-13(18)5-8-15(21)22)17(23)20-14-6-3-12(9-19)4-7-14/h3-8,10-11,16H,1-2H3,(H,20,23). The van der Waals surface area contributed by atoms with Crippen LogP contribution in [0.3, 0.4) is 0 Å². The number of halogens is 1. The fourth-order valence-electron chi connectivity index (χ4n) is 2.29. The minimum Gasteiger partial charge on any atom is -0.324 e. The maximum absolute atomic E-state index is 12.6. The van der Waals surface area contributed by atoms with Crippen molar-refractivity contribution in [1.82, 2.24) is 4.57 Å². The Morgan fingerprint density at radius 1 is 1.22 bits per heavy atom. The Kier molecular flexibility index (Phi) is 5.20. The van der Waals surface area contributed by atoms with Crippen molar-refractivity contribution in [2.75, 3.05) is 5.32 Å². The molecule has 1 aromatic heterocycles. The van der Waals surface area contributed by atoms with Gasteiger partial charge in [-0.3, -0.25) is 9.59 Å². The fourth-order valence-corrected chi connectivity index (χ4v) is 2.46. The van der Waals surface area contributed by atoms with Crippen molar-refractivity contribution >= 4 is 23.2 Å². The molecule has 1 atom stereocenters. The van der Waals surface area contributed by atoms with Gasteiger partial charge in [0.2, 0.25) is 5.91 Å². The van der Waals surface area contributed by atoms with Gasteiger partial charge < -0.3 is 9.88 Å². The van der Waals surface area contributed by atoms with E-state index >= 15 is 0 Å². The van der Waals surface area contributed by atoms with Gasteiger partial charge in [-0.1, -0.05) is 25.4 Å². The molecule has 0 saturated carbocycles. The highest BCUT2D eigenvalue weighted by atomic mass is 35.5. The molecule has 1 heterocycles. The first kappa shape index (κ1) is 16.8. The van der Waals surface area contributed by atoms with Crippen LogP contribution in [-0.2, 0) is 4.79 Å². The zero-order valence-electron chi connectivity index (χ0n) is 12.8. The molecule has 0 spiro atoms. The fraction of sp³-hybridized carbons (Fsp3) is 0.235. The largest absolute Gasteiger partial charge is 0.324 e. The van der Waals surface area contributed by atoms with Crippen LogP contribution in [-0.4, -0.2) is 10.5 Å². The summed E-state index contributed by atoms with van der Waals surface area (Å²) in [5.74, 6) is -0.418. The maximum atomic E-state index is 12.6. The Morgan fingerprint density at radius 2 is 1.87 bits per heavy atom. The highest BCUT2D eigenvalue weighted by molar-refractivity contribution is 6.30. The number of anilines is 1. The number of carbonyl (C=O) groups excluding carboxylic acids is 1. The number of aromatic nitrogens is 1. The molecule has 0 saturated heterocycles. The second-order valence-electron chi connectivity index (χ2n) is 5.46. The Morgan fingerprint density at radius 3 is 2.43 bits per heavy atom. The van der Waals surface area contributed by atoms with Crippen molar-refractivity contribution in [1.29, 1.82) is 5.26 Å². The topological polar surface area (TPSA) is 74.9 Å². The molecule has 2 aromatic rings. The second-order valence-corrected chi connectivity index (χ2v) is 5.90. The smallest absolute Gasteiger partial charge is 0.251 e. The van der Waals surface area contributed by atoms with Crippen LogP contribution in [0.4, 0.5) is 5.69 Å². The lowest BCUT2D eigenvalue weighted by molar-refractivity contribution is -0.120. The molecule has 1 N–H and O–H groups in total. The third kappa shape index (κ3) is 3.99. The SMILES string of the molecule is CC(C)C(C(=O)Nc1ccc(C#N)cc1)n1cc(Cl)ccc1=O. The molecule has 0 aliphatic heterocycles. The average Bonchev–Trinajstić information content (AvgIpc) is 2.51. The van der Waals surface area contributed by atoms with E-state index in [2.05, 4.69) is 5.32 Å². The lowest BCUT2D eigenvalue weighted by Gasteiger charge is -2.23. The number of pyridine rings is 1. The molecule has 0 radical (unpaired) electrons. The van der Waals surface area contributed by atoms with Crippen LogP contribution in [0.15, 0.2) is 47.4 Å².